The van der Waals surface area contributed by atoms with E-state index in [2.05, 4.69) is 23.5 Å². The third-order valence-corrected chi connectivity index (χ3v) is 5.44. The Kier molecular flexibility index (Phi) is 9.15. The van der Waals surface area contributed by atoms with Crippen LogP contribution in [-0.2, 0) is 30.3 Å². The topological polar surface area (TPSA) is 115 Å². The first-order valence-corrected chi connectivity index (χ1v) is 10.7. The van der Waals surface area contributed by atoms with E-state index >= 15 is 0 Å². The van der Waals surface area contributed by atoms with Crippen LogP contribution in [0.3, 0.4) is 0 Å². The van der Waals surface area contributed by atoms with Crippen molar-refractivity contribution in [1.29, 1.82) is 0 Å². The fourth-order valence-corrected chi connectivity index (χ4v) is 3.76. The first kappa shape index (κ1) is 25.6. The van der Waals surface area contributed by atoms with Gasteiger partial charge in [-0.05, 0) is 50.3 Å². The summed E-state index contributed by atoms with van der Waals surface area (Å²) in [6.07, 6.45) is 6.44. The molecule has 1 fully saturated rings. The van der Waals surface area contributed by atoms with E-state index in [-0.39, 0.29) is 37.1 Å². The molecule has 0 aliphatic carbocycles. The highest BCUT2D eigenvalue weighted by atomic mass is 16.5. The Bertz CT molecular complexity index is 1030. The fraction of sp³-hybridized carbons (Fsp3) is 0.360. The van der Waals surface area contributed by atoms with Crippen LogP contribution in [0.1, 0.15) is 54.0 Å². The molecule has 0 spiro atoms. The molecular formula is C25H30N2O6. The summed E-state index contributed by atoms with van der Waals surface area (Å²) in [7, 11) is 0. The second-order valence-corrected chi connectivity index (χ2v) is 7.55. The number of rotatable bonds is 11. The highest BCUT2D eigenvalue weighted by molar-refractivity contribution is 6.20. The van der Waals surface area contributed by atoms with Crippen molar-refractivity contribution in [2.45, 2.75) is 40.0 Å². The summed E-state index contributed by atoms with van der Waals surface area (Å²) >= 11 is 0. The summed E-state index contributed by atoms with van der Waals surface area (Å²) in [5.41, 5.74) is 3.20. The van der Waals surface area contributed by atoms with Crippen molar-refractivity contribution in [3.63, 3.8) is 0 Å². The lowest BCUT2D eigenvalue weighted by Gasteiger charge is -2.12. The van der Waals surface area contributed by atoms with E-state index in [9.17, 15) is 19.2 Å². The third-order valence-electron chi connectivity index (χ3n) is 5.44. The van der Waals surface area contributed by atoms with Gasteiger partial charge in [0.2, 0.25) is 5.91 Å². The monoisotopic (exact) mass is 454 g/mol. The van der Waals surface area contributed by atoms with Crippen LogP contribution in [0.5, 0.6) is 0 Å². The number of esters is 2. The number of carbonyl (C=O) groups excluding carboxylic acids is 4. The number of allylic oxidation sites excluding steroid dienone is 2. The molecule has 1 atom stereocenters. The Hall–Kier alpha value is -3.68. The number of aldehydes is 1. The Balaban J connectivity index is 2.49. The van der Waals surface area contributed by atoms with Crippen molar-refractivity contribution in [3.8, 4) is 0 Å². The normalized spacial score (nSPS) is 18.0. The average Bonchev–Trinajstić information content (AvgIpc) is 3.26. The maximum absolute atomic E-state index is 13.0. The molecular weight excluding hydrogens is 424 g/mol. The van der Waals surface area contributed by atoms with Gasteiger partial charge in [-0.3, -0.25) is 14.4 Å². The van der Waals surface area contributed by atoms with Gasteiger partial charge in [0.25, 0.3) is 0 Å². The van der Waals surface area contributed by atoms with Gasteiger partial charge in [-0.1, -0.05) is 31.4 Å². The van der Waals surface area contributed by atoms with Crippen LogP contribution in [0.4, 0.5) is 0 Å². The molecule has 1 aromatic rings. The van der Waals surface area contributed by atoms with Gasteiger partial charge >= 0.3 is 11.9 Å². The van der Waals surface area contributed by atoms with E-state index < -0.39 is 11.9 Å². The second-order valence-electron chi connectivity index (χ2n) is 7.55. The maximum atomic E-state index is 13.0. The van der Waals surface area contributed by atoms with Crippen molar-refractivity contribution < 1.29 is 28.7 Å². The highest BCUT2D eigenvalue weighted by Gasteiger charge is 2.35. The van der Waals surface area contributed by atoms with Gasteiger partial charge in [-0.25, -0.2) is 4.79 Å². The van der Waals surface area contributed by atoms with E-state index in [4.69, 9.17) is 9.47 Å². The van der Waals surface area contributed by atoms with Gasteiger partial charge in [0, 0.05) is 6.42 Å². The summed E-state index contributed by atoms with van der Waals surface area (Å²) in [6, 6.07) is 0. The van der Waals surface area contributed by atoms with Crippen LogP contribution < -0.4 is 5.32 Å². The molecule has 0 saturated carbocycles. The maximum Gasteiger partial charge on any atom is 0.342 e. The smallest absolute Gasteiger partial charge is 0.342 e. The van der Waals surface area contributed by atoms with Crippen LogP contribution in [0.2, 0.25) is 0 Å². The minimum atomic E-state index is -0.653. The number of aromatic amines is 1. The molecule has 1 unspecified atom stereocenters. The molecule has 8 heteroatoms. The SMILES string of the molecule is C=CCOC(=O)CCCc1c(C=O)[nH]c(/C(C(=O)OCC=C)=C2\NC(=O)C(C)\C2=C/C)c1C. The van der Waals surface area contributed by atoms with Crippen LogP contribution in [0.25, 0.3) is 5.57 Å². The van der Waals surface area contributed by atoms with Crippen molar-refractivity contribution in [3.05, 3.63) is 65.2 Å². The first-order chi connectivity index (χ1) is 15.8. The number of aromatic nitrogens is 1. The molecule has 33 heavy (non-hydrogen) atoms. The summed E-state index contributed by atoms with van der Waals surface area (Å²) in [6.45, 7) is 12.5. The number of carbonyl (C=O) groups is 4. The predicted octanol–water partition coefficient (Wildman–Crippen LogP) is 3.34. The van der Waals surface area contributed by atoms with Crippen LogP contribution in [-0.4, -0.2) is 42.3 Å². The molecule has 8 nitrogen and oxygen atoms in total. The van der Waals surface area contributed by atoms with Crippen molar-refractivity contribution in [2.75, 3.05) is 13.2 Å². The minimum absolute atomic E-state index is 0.00967. The number of nitrogens with one attached hydrogen (secondary N) is 2. The molecule has 2 N–H and O–H groups in total. The van der Waals surface area contributed by atoms with E-state index in [0.29, 0.717) is 52.9 Å². The molecule has 1 aromatic heterocycles. The standard InChI is InChI=1S/C25H30N2O6/c1-6-12-32-20(29)11-9-10-18-15(4)22(26-19(18)14-28)21(25(31)33-13-7-2)23-17(8-3)16(5)24(30)27-23/h6-8,14,16,26H,1-2,9-13H2,3-5H3,(H,27,30)/b17-8+,23-21+. The first-order valence-electron chi connectivity index (χ1n) is 10.7. The minimum Gasteiger partial charge on any atom is -0.461 e. The van der Waals surface area contributed by atoms with Gasteiger partial charge in [0.05, 0.1) is 23.0 Å². The number of hydrogen-bond acceptors (Lipinski definition) is 6. The quantitative estimate of drug-likeness (QED) is 0.229. The molecule has 1 aliphatic rings. The van der Waals surface area contributed by atoms with Crippen molar-refractivity contribution >= 4 is 29.7 Å². The number of ether oxygens (including phenoxy) is 2. The third kappa shape index (κ3) is 5.77. The zero-order valence-corrected chi connectivity index (χ0v) is 19.3. The molecule has 0 aromatic carbocycles. The van der Waals surface area contributed by atoms with Crippen LogP contribution in [0, 0.1) is 12.8 Å². The Labute approximate surface area is 193 Å². The fourth-order valence-electron chi connectivity index (χ4n) is 3.76. The van der Waals surface area contributed by atoms with E-state index in [1.54, 1.807) is 26.8 Å². The second kappa shape index (κ2) is 11.8. The van der Waals surface area contributed by atoms with E-state index in [1.165, 1.54) is 12.2 Å². The van der Waals surface area contributed by atoms with Crippen molar-refractivity contribution in [2.24, 2.45) is 5.92 Å². The van der Waals surface area contributed by atoms with Gasteiger partial charge in [0.1, 0.15) is 18.8 Å². The van der Waals surface area contributed by atoms with E-state index in [0.717, 1.165) is 0 Å². The van der Waals surface area contributed by atoms with Crippen molar-refractivity contribution in [1.82, 2.24) is 10.3 Å². The summed E-state index contributed by atoms with van der Waals surface area (Å²) in [4.78, 5) is 52.0. The van der Waals surface area contributed by atoms with Crippen LogP contribution >= 0.6 is 0 Å². The lowest BCUT2D eigenvalue weighted by molar-refractivity contribution is -0.142. The molecule has 0 radical (unpaired) electrons. The lowest BCUT2D eigenvalue weighted by Crippen LogP contribution is -2.20. The van der Waals surface area contributed by atoms with Gasteiger partial charge in [0.15, 0.2) is 6.29 Å². The molecule has 1 aliphatic heterocycles. The number of hydrogen-bond donors (Lipinski definition) is 2. The average molecular weight is 455 g/mol. The van der Waals surface area contributed by atoms with Crippen LogP contribution in [0.15, 0.2) is 42.7 Å². The summed E-state index contributed by atoms with van der Waals surface area (Å²) < 4.78 is 10.3. The Morgan fingerprint density at radius 3 is 2.42 bits per heavy atom. The summed E-state index contributed by atoms with van der Waals surface area (Å²) in [5.74, 6) is -1.67. The molecule has 2 rings (SSSR count). The molecule has 0 bridgehead atoms. The number of amides is 1. The summed E-state index contributed by atoms with van der Waals surface area (Å²) in [5, 5.41) is 2.78. The lowest BCUT2D eigenvalue weighted by atomic mass is 9.95. The molecule has 1 saturated heterocycles. The van der Waals surface area contributed by atoms with Gasteiger partial charge < -0.3 is 19.8 Å². The Morgan fingerprint density at radius 1 is 1.15 bits per heavy atom. The zero-order chi connectivity index (χ0) is 24.5. The van der Waals surface area contributed by atoms with E-state index in [1.807, 2.05) is 0 Å². The molecule has 2 heterocycles. The van der Waals surface area contributed by atoms with Gasteiger partial charge in [-0.15, -0.1) is 0 Å². The zero-order valence-electron chi connectivity index (χ0n) is 19.3. The highest BCUT2D eigenvalue weighted by Crippen LogP contribution is 2.35. The largest absolute Gasteiger partial charge is 0.461 e. The molecule has 1 amide bonds. The van der Waals surface area contributed by atoms with Gasteiger partial charge in [-0.2, -0.15) is 0 Å². The predicted molar refractivity (Wildman–Crippen MR) is 124 cm³/mol. The Morgan fingerprint density at radius 2 is 1.82 bits per heavy atom. The molecule has 176 valence electrons. The number of H-pyrrole nitrogens is 1.